The maximum Gasteiger partial charge on any atom is 0.293 e. The van der Waals surface area contributed by atoms with Crippen LogP contribution in [0, 0.1) is 5.82 Å². The molecule has 146 valence electrons. The molecule has 1 aromatic carbocycles. The number of imide groups is 1. The molecule has 1 aromatic heterocycles. The number of hydrogen-bond donors (Lipinski definition) is 1. The number of nitrogens with zero attached hydrogens (tertiary/aromatic N) is 1. The van der Waals surface area contributed by atoms with Crippen LogP contribution in [-0.2, 0) is 9.59 Å². The summed E-state index contributed by atoms with van der Waals surface area (Å²) in [5.41, 5.74) is 0. The molecule has 1 fully saturated rings. The molecule has 0 bridgehead atoms. The first kappa shape index (κ1) is 20.6. The number of thiophene rings is 1. The van der Waals surface area contributed by atoms with E-state index in [0.717, 1.165) is 26.4 Å². The van der Waals surface area contributed by atoms with Crippen LogP contribution in [0.1, 0.15) is 11.3 Å². The van der Waals surface area contributed by atoms with Crippen LogP contribution in [-0.4, -0.2) is 40.8 Å². The predicted octanol–water partition coefficient (Wildman–Crippen LogP) is 4.22. The van der Waals surface area contributed by atoms with Crippen molar-refractivity contribution in [3.05, 3.63) is 57.4 Å². The van der Waals surface area contributed by atoms with Gasteiger partial charge < -0.3 is 5.32 Å². The van der Waals surface area contributed by atoms with Gasteiger partial charge in [0.2, 0.25) is 5.91 Å². The van der Waals surface area contributed by atoms with Gasteiger partial charge in [0.15, 0.2) is 0 Å². The van der Waals surface area contributed by atoms with Crippen molar-refractivity contribution < 1.29 is 18.8 Å². The molecule has 9 heteroatoms. The van der Waals surface area contributed by atoms with Crippen LogP contribution in [0.5, 0.6) is 0 Å². The molecule has 1 aliphatic rings. The summed E-state index contributed by atoms with van der Waals surface area (Å²) in [5.74, 6) is -0.220. The Bertz CT molecular complexity index is 882. The lowest BCUT2D eigenvalue weighted by Crippen LogP contribution is -2.37. The van der Waals surface area contributed by atoms with Gasteiger partial charge in [-0.3, -0.25) is 19.3 Å². The fourth-order valence-electron chi connectivity index (χ4n) is 2.38. The van der Waals surface area contributed by atoms with Gasteiger partial charge in [0.25, 0.3) is 11.1 Å². The summed E-state index contributed by atoms with van der Waals surface area (Å²) >= 11 is 3.87. The minimum absolute atomic E-state index is 0.142. The molecule has 1 aliphatic heterocycles. The normalized spacial score (nSPS) is 15.5. The zero-order valence-electron chi connectivity index (χ0n) is 14.7. The van der Waals surface area contributed by atoms with Crippen molar-refractivity contribution in [2.24, 2.45) is 0 Å². The van der Waals surface area contributed by atoms with Crippen molar-refractivity contribution in [3.8, 4) is 0 Å². The third kappa shape index (κ3) is 5.70. The summed E-state index contributed by atoms with van der Waals surface area (Å²) in [6.45, 7) is 0.355. The summed E-state index contributed by atoms with van der Waals surface area (Å²) in [5, 5.41) is 4.30. The number of amides is 3. The number of carbonyl (C=O) groups is 3. The van der Waals surface area contributed by atoms with Gasteiger partial charge in [-0.15, -0.1) is 23.1 Å². The Hall–Kier alpha value is -2.10. The number of nitrogens with one attached hydrogen (secondary N) is 1. The van der Waals surface area contributed by atoms with E-state index in [-0.39, 0.29) is 36.0 Å². The number of rotatable bonds is 8. The Kier molecular flexibility index (Phi) is 7.30. The number of halogens is 1. The molecule has 3 amide bonds. The van der Waals surface area contributed by atoms with Gasteiger partial charge in [-0.1, -0.05) is 6.07 Å². The van der Waals surface area contributed by atoms with Crippen LogP contribution in [0.2, 0.25) is 0 Å². The van der Waals surface area contributed by atoms with E-state index in [1.807, 2.05) is 17.5 Å². The Morgan fingerprint density at radius 3 is 2.71 bits per heavy atom. The largest absolute Gasteiger partial charge is 0.354 e. The summed E-state index contributed by atoms with van der Waals surface area (Å²) in [7, 11) is 0. The van der Waals surface area contributed by atoms with Gasteiger partial charge in [-0.25, -0.2) is 4.39 Å². The minimum Gasteiger partial charge on any atom is -0.354 e. The fraction of sp³-hybridized carbons (Fsp3) is 0.211. The van der Waals surface area contributed by atoms with Crippen LogP contribution in [0.15, 0.2) is 51.6 Å². The molecule has 3 rings (SSSR count). The molecule has 28 heavy (non-hydrogen) atoms. The maximum absolute atomic E-state index is 12.8. The summed E-state index contributed by atoms with van der Waals surface area (Å²) < 4.78 is 12.8. The number of thioether (sulfide) groups is 2. The van der Waals surface area contributed by atoms with Crippen molar-refractivity contribution >= 4 is 58.0 Å². The Balaban J connectivity index is 1.39. The van der Waals surface area contributed by atoms with E-state index in [1.165, 1.54) is 35.2 Å². The van der Waals surface area contributed by atoms with E-state index in [4.69, 9.17) is 0 Å². The zero-order chi connectivity index (χ0) is 19.9. The standard InChI is InChI=1S/C19H17FN2O3S3/c20-13-3-5-14(6-4-13)27-11-7-17(23)21-8-9-22-18(24)16(28-19(22)25)12-15-2-1-10-26-15/h1-6,10,12H,7-9,11H2,(H,21,23)/b16-12-. The Labute approximate surface area is 174 Å². The van der Waals surface area contributed by atoms with Gasteiger partial charge in [0, 0.05) is 35.0 Å². The predicted molar refractivity (Wildman–Crippen MR) is 112 cm³/mol. The molecule has 0 aliphatic carbocycles. The van der Waals surface area contributed by atoms with Gasteiger partial charge in [0.1, 0.15) is 5.82 Å². The SMILES string of the molecule is O=C(CCSc1ccc(F)cc1)NCCN1C(=O)S/C(=C\c2cccs2)C1=O. The average Bonchev–Trinajstić information content (AvgIpc) is 3.27. The molecule has 0 radical (unpaired) electrons. The molecule has 1 saturated heterocycles. The lowest BCUT2D eigenvalue weighted by Gasteiger charge is -2.13. The van der Waals surface area contributed by atoms with Crippen LogP contribution < -0.4 is 5.32 Å². The molecule has 1 N–H and O–H groups in total. The highest BCUT2D eigenvalue weighted by Gasteiger charge is 2.34. The Morgan fingerprint density at radius 1 is 1.21 bits per heavy atom. The van der Waals surface area contributed by atoms with Crippen molar-refractivity contribution in [1.82, 2.24) is 10.2 Å². The summed E-state index contributed by atoms with van der Waals surface area (Å²) in [6.07, 6.45) is 2.00. The first-order chi connectivity index (χ1) is 13.5. The van der Waals surface area contributed by atoms with Gasteiger partial charge in [-0.2, -0.15) is 0 Å². The molecular formula is C19H17FN2O3S3. The molecule has 0 spiro atoms. The van der Waals surface area contributed by atoms with E-state index in [1.54, 1.807) is 18.2 Å². The third-order valence-corrected chi connectivity index (χ3v) is 6.50. The van der Waals surface area contributed by atoms with E-state index in [0.29, 0.717) is 17.1 Å². The van der Waals surface area contributed by atoms with Crippen LogP contribution in [0.25, 0.3) is 6.08 Å². The summed E-state index contributed by atoms with van der Waals surface area (Å²) in [6, 6.07) is 9.85. The summed E-state index contributed by atoms with van der Waals surface area (Å²) in [4.78, 5) is 39.7. The number of benzene rings is 1. The van der Waals surface area contributed by atoms with Crippen molar-refractivity contribution in [1.29, 1.82) is 0 Å². The van der Waals surface area contributed by atoms with Crippen LogP contribution in [0.3, 0.4) is 0 Å². The lowest BCUT2D eigenvalue weighted by molar-refractivity contribution is -0.124. The topological polar surface area (TPSA) is 66.5 Å². The fourth-order valence-corrected chi connectivity index (χ4v) is 4.82. The van der Waals surface area contributed by atoms with Crippen molar-refractivity contribution in [2.75, 3.05) is 18.8 Å². The quantitative estimate of drug-likeness (QED) is 0.496. The monoisotopic (exact) mass is 436 g/mol. The zero-order valence-corrected chi connectivity index (χ0v) is 17.2. The van der Waals surface area contributed by atoms with Gasteiger partial charge in [-0.05, 0) is 53.5 Å². The van der Waals surface area contributed by atoms with E-state index >= 15 is 0 Å². The number of carbonyl (C=O) groups excluding carboxylic acids is 3. The molecule has 2 aromatic rings. The highest BCUT2D eigenvalue weighted by atomic mass is 32.2. The second-order valence-corrected chi connectivity index (χ2v) is 8.89. The van der Waals surface area contributed by atoms with Crippen molar-refractivity contribution in [2.45, 2.75) is 11.3 Å². The smallest absolute Gasteiger partial charge is 0.293 e. The van der Waals surface area contributed by atoms with E-state index in [9.17, 15) is 18.8 Å². The van der Waals surface area contributed by atoms with Crippen LogP contribution >= 0.6 is 34.9 Å². The first-order valence-electron chi connectivity index (χ1n) is 8.47. The number of hydrogen-bond acceptors (Lipinski definition) is 6. The Morgan fingerprint density at radius 2 is 2.00 bits per heavy atom. The second-order valence-electron chi connectivity index (χ2n) is 5.75. The van der Waals surface area contributed by atoms with Crippen molar-refractivity contribution in [3.63, 3.8) is 0 Å². The highest BCUT2D eigenvalue weighted by Crippen LogP contribution is 2.32. The maximum atomic E-state index is 12.8. The third-order valence-electron chi connectivity index (χ3n) is 3.76. The molecule has 5 nitrogen and oxygen atoms in total. The van der Waals surface area contributed by atoms with E-state index < -0.39 is 0 Å². The minimum atomic E-state index is -0.329. The second kappa shape index (κ2) is 9.90. The van der Waals surface area contributed by atoms with Gasteiger partial charge >= 0.3 is 0 Å². The van der Waals surface area contributed by atoms with Gasteiger partial charge in [0.05, 0.1) is 4.91 Å². The highest BCUT2D eigenvalue weighted by molar-refractivity contribution is 8.18. The molecule has 2 heterocycles. The first-order valence-corrected chi connectivity index (χ1v) is 11.1. The molecule has 0 saturated carbocycles. The average molecular weight is 437 g/mol. The van der Waals surface area contributed by atoms with Crippen LogP contribution in [0.4, 0.5) is 9.18 Å². The lowest BCUT2D eigenvalue weighted by atomic mass is 10.3. The molecule has 0 unspecified atom stereocenters. The molecular weight excluding hydrogens is 419 g/mol. The molecule has 0 atom stereocenters. The van der Waals surface area contributed by atoms with E-state index in [2.05, 4.69) is 5.32 Å².